The summed E-state index contributed by atoms with van der Waals surface area (Å²) in [5.74, 6) is 0.606. The van der Waals surface area contributed by atoms with Gasteiger partial charge in [-0.1, -0.05) is 18.6 Å². The molecule has 0 atom stereocenters. The van der Waals surface area contributed by atoms with Crippen molar-refractivity contribution in [2.45, 2.75) is 24.2 Å². The van der Waals surface area contributed by atoms with Crippen LogP contribution < -0.4 is 5.32 Å². The van der Waals surface area contributed by atoms with E-state index < -0.39 is 10.0 Å². The molecule has 2 heterocycles. The SMILES string of the molecule is O=S(=O)(c1ccc(Nc2ccccc2Br)nc1)N1CCCCC1. The molecular formula is C16H18BrN3O2S. The first kappa shape index (κ1) is 16.4. The first-order chi connectivity index (χ1) is 11.1. The van der Waals surface area contributed by atoms with Crippen LogP contribution in [0.25, 0.3) is 0 Å². The van der Waals surface area contributed by atoms with Gasteiger partial charge < -0.3 is 5.32 Å². The average molecular weight is 396 g/mol. The van der Waals surface area contributed by atoms with Gasteiger partial charge in [0.25, 0.3) is 0 Å². The van der Waals surface area contributed by atoms with Gasteiger partial charge in [-0.05, 0) is 53.0 Å². The smallest absolute Gasteiger partial charge is 0.244 e. The monoisotopic (exact) mass is 395 g/mol. The van der Waals surface area contributed by atoms with Crippen LogP contribution in [0.1, 0.15) is 19.3 Å². The maximum Gasteiger partial charge on any atom is 0.244 e. The van der Waals surface area contributed by atoms with Crippen LogP contribution in [-0.4, -0.2) is 30.8 Å². The van der Waals surface area contributed by atoms with Crippen molar-refractivity contribution in [2.24, 2.45) is 0 Å². The Bertz CT molecular complexity index is 772. The summed E-state index contributed by atoms with van der Waals surface area (Å²) in [4.78, 5) is 4.49. The van der Waals surface area contributed by atoms with Gasteiger partial charge in [0.15, 0.2) is 0 Å². The average Bonchev–Trinajstić information content (AvgIpc) is 2.58. The molecule has 1 fully saturated rings. The summed E-state index contributed by atoms with van der Waals surface area (Å²) in [7, 11) is -3.43. The number of halogens is 1. The lowest BCUT2D eigenvalue weighted by molar-refractivity contribution is 0.346. The van der Waals surface area contributed by atoms with Crippen molar-refractivity contribution in [2.75, 3.05) is 18.4 Å². The van der Waals surface area contributed by atoms with Crippen molar-refractivity contribution >= 4 is 37.5 Å². The van der Waals surface area contributed by atoms with Gasteiger partial charge in [-0.2, -0.15) is 4.31 Å². The van der Waals surface area contributed by atoms with Crippen LogP contribution in [0.3, 0.4) is 0 Å². The second-order valence-corrected chi connectivity index (χ2v) is 8.24. The molecule has 5 nitrogen and oxygen atoms in total. The number of sulfonamides is 1. The molecular weight excluding hydrogens is 378 g/mol. The van der Waals surface area contributed by atoms with Crippen molar-refractivity contribution in [3.05, 3.63) is 47.1 Å². The van der Waals surface area contributed by atoms with Crippen LogP contribution in [0.4, 0.5) is 11.5 Å². The molecule has 23 heavy (non-hydrogen) atoms. The quantitative estimate of drug-likeness (QED) is 0.855. The molecule has 1 aromatic carbocycles. The van der Waals surface area contributed by atoms with E-state index in [4.69, 9.17) is 0 Å². The molecule has 0 amide bonds. The third kappa shape index (κ3) is 3.73. The Hall–Kier alpha value is -1.44. The Morgan fingerprint density at radius 3 is 2.43 bits per heavy atom. The van der Waals surface area contributed by atoms with Crippen LogP contribution in [-0.2, 0) is 10.0 Å². The Morgan fingerprint density at radius 1 is 1.04 bits per heavy atom. The Kier molecular flexibility index (Phi) is 4.99. The molecule has 0 saturated carbocycles. The van der Waals surface area contributed by atoms with Crippen LogP contribution in [0, 0.1) is 0 Å². The number of anilines is 2. The van der Waals surface area contributed by atoms with Gasteiger partial charge in [0, 0.05) is 23.8 Å². The highest BCUT2D eigenvalue weighted by Crippen LogP contribution is 2.25. The summed E-state index contributed by atoms with van der Waals surface area (Å²) in [5.41, 5.74) is 0.881. The van der Waals surface area contributed by atoms with Gasteiger partial charge >= 0.3 is 0 Å². The lowest BCUT2D eigenvalue weighted by Gasteiger charge is -2.25. The van der Waals surface area contributed by atoms with Crippen LogP contribution in [0.5, 0.6) is 0 Å². The minimum atomic E-state index is -3.43. The first-order valence-corrected chi connectivity index (χ1v) is 9.78. The summed E-state index contributed by atoms with van der Waals surface area (Å²) >= 11 is 3.46. The van der Waals surface area contributed by atoms with Crippen LogP contribution in [0.15, 0.2) is 52.0 Å². The number of pyridine rings is 1. The standard InChI is InChI=1S/C16H18BrN3O2S/c17-14-6-2-3-7-15(14)19-16-9-8-13(12-18-16)23(21,22)20-10-4-1-5-11-20/h2-3,6-9,12H,1,4-5,10-11H2,(H,18,19). The number of hydrogen-bond donors (Lipinski definition) is 1. The molecule has 0 radical (unpaired) electrons. The van der Waals surface area contributed by atoms with Gasteiger partial charge in [0.2, 0.25) is 10.0 Å². The molecule has 0 bridgehead atoms. The summed E-state index contributed by atoms with van der Waals surface area (Å²) in [5, 5.41) is 3.16. The molecule has 7 heteroatoms. The zero-order chi connectivity index (χ0) is 16.3. The van der Waals surface area contributed by atoms with Crippen molar-refractivity contribution in [3.63, 3.8) is 0 Å². The van der Waals surface area contributed by atoms with E-state index in [1.807, 2.05) is 24.3 Å². The fourth-order valence-electron chi connectivity index (χ4n) is 2.56. The van der Waals surface area contributed by atoms with Crippen molar-refractivity contribution < 1.29 is 8.42 Å². The highest BCUT2D eigenvalue weighted by molar-refractivity contribution is 9.10. The zero-order valence-electron chi connectivity index (χ0n) is 12.6. The Labute approximate surface area is 144 Å². The zero-order valence-corrected chi connectivity index (χ0v) is 15.0. The predicted molar refractivity (Wildman–Crippen MR) is 94.3 cm³/mol. The molecule has 0 spiro atoms. The van der Waals surface area contributed by atoms with E-state index in [9.17, 15) is 8.42 Å². The third-order valence-corrected chi connectivity index (χ3v) is 6.40. The number of para-hydroxylation sites is 1. The fourth-order valence-corrected chi connectivity index (χ4v) is 4.41. The highest BCUT2D eigenvalue weighted by Gasteiger charge is 2.26. The van der Waals surface area contributed by atoms with Crippen molar-refractivity contribution in [1.29, 1.82) is 0 Å². The number of piperidine rings is 1. The van der Waals surface area contributed by atoms with Crippen molar-refractivity contribution in [3.8, 4) is 0 Å². The van der Waals surface area contributed by atoms with Gasteiger partial charge in [-0.25, -0.2) is 13.4 Å². The summed E-state index contributed by atoms with van der Waals surface area (Å²) < 4.78 is 27.6. The van der Waals surface area contributed by atoms with Crippen LogP contribution >= 0.6 is 15.9 Å². The number of rotatable bonds is 4. The van der Waals surface area contributed by atoms with Gasteiger partial charge in [-0.3, -0.25) is 0 Å². The minimum Gasteiger partial charge on any atom is -0.339 e. The topological polar surface area (TPSA) is 62.3 Å². The molecule has 0 aliphatic carbocycles. The van der Waals surface area contributed by atoms with Gasteiger partial charge in [0.05, 0.1) is 5.69 Å². The molecule has 1 N–H and O–H groups in total. The second-order valence-electron chi connectivity index (χ2n) is 5.45. The Balaban J connectivity index is 1.78. The van der Waals surface area contributed by atoms with E-state index in [2.05, 4.69) is 26.2 Å². The number of nitrogens with one attached hydrogen (secondary N) is 1. The van der Waals surface area contributed by atoms with Gasteiger partial charge in [-0.15, -0.1) is 0 Å². The Morgan fingerprint density at radius 2 is 1.78 bits per heavy atom. The molecule has 0 unspecified atom stereocenters. The fraction of sp³-hybridized carbons (Fsp3) is 0.312. The van der Waals surface area contributed by atoms with E-state index in [1.54, 1.807) is 16.4 Å². The molecule has 1 aliphatic heterocycles. The number of nitrogens with zero attached hydrogens (tertiary/aromatic N) is 2. The first-order valence-electron chi connectivity index (χ1n) is 7.55. The molecule has 1 aliphatic rings. The number of hydrogen-bond acceptors (Lipinski definition) is 4. The van der Waals surface area contributed by atoms with Gasteiger partial charge in [0.1, 0.15) is 10.7 Å². The molecule has 2 aromatic rings. The van der Waals surface area contributed by atoms with Crippen LogP contribution in [0.2, 0.25) is 0 Å². The molecule has 3 rings (SSSR count). The van der Waals surface area contributed by atoms with E-state index in [-0.39, 0.29) is 4.90 Å². The van der Waals surface area contributed by atoms with E-state index >= 15 is 0 Å². The summed E-state index contributed by atoms with van der Waals surface area (Å²) in [6, 6.07) is 11.0. The largest absolute Gasteiger partial charge is 0.339 e. The van der Waals surface area contributed by atoms with E-state index in [1.165, 1.54) is 6.20 Å². The predicted octanol–water partition coefficient (Wildman–Crippen LogP) is 3.76. The molecule has 1 saturated heterocycles. The molecule has 1 aromatic heterocycles. The van der Waals surface area contributed by atoms with Crippen molar-refractivity contribution in [1.82, 2.24) is 9.29 Å². The normalized spacial score (nSPS) is 16.2. The summed E-state index contributed by atoms with van der Waals surface area (Å²) in [6.07, 6.45) is 4.37. The highest BCUT2D eigenvalue weighted by atomic mass is 79.9. The number of benzene rings is 1. The van der Waals surface area contributed by atoms with E-state index in [0.29, 0.717) is 18.9 Å². The maximum atomic E-state index is 12.6. The lowest BCUT2D eigenvalue weighted by atomic mass is 10.2. The number of aromatic nitrogens is 1. The van der Waals surface area contributed by atoms with E-state index in [0.717, 1.165) is 29.4 Å². The lowest BCUT2D eigenvalue weighted by Crippen LogP contribution is -2.35. The maximum absolute atomic E-state index is 12.6. The second kappa shape index (κ2) is 6.98. The summed E-state index contributed by atoms with van der Waals surface area (Å²) in [6.45, 7) is 1.19. The molecule has 122 valence electrons. The third-order valence-electron chi connectivity index (χ3n) is 3.83. The minimum absolute atomic E-state index is 0.247.